The van der Waals surface area contributed by atoms with Crippen LogP contribution in [-0.4, -0.2) is 46.3 Å². The van der Waals surface area contributed by atoms with Crippen molar-refractivity contribution in [1.29, 1.82) is 0 Å². The Kier molecular flexibility index (Phi) is 3.30. The number of nitrogens with one attached hydrogen (secondary N) is 1. The van der Waals surface area contributed by atoms with Crippen LogP contribution in [0.5, 0.6) is 0 Å². The van der Waals surface area contributed by atoms with E-state index in [0.717, 1.165) is 23.6 Å². The van der Waals surface area contributed by atoms with Crippen molar-refractivity contribution in [2.75, 3.05) is 30.4 Å². The van der Waals surface area contributed by atoms with Gasteiger partial charge in [0.05, 0.1) is 0 Å². The third-order valence-electron chi connectivity index (χ3n) is 3.54. The van der Waals surface area contributed by atoms with E-state index in [2.05, 4.69) is 20.2 Å². The number of nitrogens with two attached hydrogens (primary N) is 1. The minimum atomic E-state index is 0.495. The SMILES string of the molecule is CSc1nc(N)cc(NC2CCN(C3CC3)C2)n1. The molecule has 0 aromatic carbocycles. The quantitative estimate of drug-likeness (QED) is 0.634. The number of hydrogen-bond acceptors (Lipinski definition) is 6. The molecule has 1 saturated heterocycles. The van der Waals surface area contributed by atoms with Crippen molar-refractivity contribution in [3.8, 4) is 0 Å². The molecule has 0 amide bonds. The van der Waals surface area contributed by atoms with Crippen LogP contribution >= 0.6 is 11.8 Å². The van der Waals surface area contributed by atoms with Crippen LogP contribution in [0.4, 0.5) is 11.6 Å². The molecule has 0 spiro atoms. The van der Waals surface area contributed by atoms with E-state index in [1.165, 1.54) is 37.6 Å². The second-order valence-electron chi connectivity index (χ2n) is 5.02. The van der Waals surface area contributed by atoms with Crippen molar-refractivity contribution in [2.24, 2.45) is 0 Å². The molecule has 2 heterocycles. The van der Waals surface area contributed by atoms with E-state index in [0.29, 0.717) is 11.9 Å². The van der Waals surface area contributed by atoms with Crippen molar-refractivity contribution in [3.63, 3.8) is 0 Å². The van der Waals surface area contributed by atoms with Crippen LogP contribution in [-0.2, 0) is 0 Å². The number of likely N-dealkylation sites (tertiary alicyclic amines) is 1. The minimum absolute atomic E-state index is 0.495. The first kappa shape index (κ1) is 12.0. The third kappa shape index (κ3) is 2.70. The van der Waals surface area contributed by atoms with Gasteiger partial charge in [0.25, 0.3) is 0 Å². The lowest BCUT2D eigenvalue weighted by atomic mass is 10.2. The molecule has 5 nitrogen and oxygen atoms in total. The second-order valence-corrected chi connectivity index (χ2v) is 5.79. The van der Waals surface area contributed by atoms with Gasteiger partial charge in [-0.25, -0.2) is 9.97 Å². The second kappa shape index (κ2) is 4.93. The minimum Gasteiger partial charge on any atom is -0.383 e. The summed E-state index contributed by atoms with van der Waals surface area (Å²) in [6.45, 7) is 2.33. The molecule has 1 aliphatic carbocycles. The summed E-state index contributed by atoms with van der Waals surface area (Å²) in [5.41, 5.74) is 5.78. The zero-order valence-corrected chi connectivity index (χ0v) is 11.4. The fourth-order valence-electron chi connectivity index (χ4n) is 2.49. The molecule has 1 aromatic heterocycles. The van der Waals surface area contributed by atoms with Crippen LogP contribution in [0.25, 0.3) is 0 Å². The molecule has 0 radical (unpaired) electrons. The smallest absolute Gasteiger partial charge is 0.191 e. The molecular formula is C12H19N5S. The molecule has 2 aliphatic rings. The fraction of sp³-hybridized carbons (Fsp3) is 0.667. The maximum atomic E-state index is 5.78. The molecule has 1 aliphatic heterocycles. The summed E-state index contributed by atoms with van der Waals surface area (Å²) in [6.07, 6.45) is 5.91. The molecule has 1 unspecified atom stereocenters. The summed E-state index contributed by atoms with van der Waals surface area (Å²) in [5, 5.41) is 4.21. The van der Waals surface area contributed by atoms with Crippen molar-refractivity contribution in [1.82, 2.24) is 14.9 Å². The van der Waals surface area contributed by atoms with E-state index in [4.69, 9.17) is 5.73 Å². The molecule has 1 atom stereocenters. The average molecular weight is 265 g/mol. The number of rotatable bonds is 4. The predicted molar refractivity (Wildman–Crippen MR) is 74.8 cm³/mol. The highest BCUT2D eigenvalue weighted by Gasteiger charge is 2.34. The van der Waals surface area contributed by atoms with Crippen molar-refractivity contribution in [2.45, 2.75) is 36.5 Å². The van der Waals surface area contributed by atoms with Crippen LogP contribution in [0.3, 0.4) is 0 Å². The first-order valence-corrected chi connectivity index (χ1v) is 7.66. The average Bonchev–Trinajstić information content (AvgIpc) is 3.10. The zero-order chi connectivity index (χ0) is 12.5. The number of nitrogen functional groups attached to an aromatic ring is 1. The Hall–Kier alpha value is -1.01. The number of thioether (sulfide) groups is 1. The molecule has 3 rings (SSSR count). The Labute approximate surface area is 112 Å². The number of hydrogen-bond donors (Lipinski definition) is 2. The summed E-state index contributed by atoms with van der Waals surface area (Å²) in [4.78, 5) is 11.2. The third-order valence-corrected chi connectivity index (χ3v) is 4.09. The number of anilines is 2. The van der Waals surface area contributed by atoms with Crippen molar-refractivity contribution >= 4 is 23.4 Å². The van der Waals surface area contributed by atoms with Crippen molar-refractivity contribution in [3.05, 3.63) is 6.07 Å². The molecule has 1 saturated carbocycles. The fourth-order valence-corrected chi connectivity index (χ4v) is 2.88. The van der Waals surface area contributed by atoms with Crippen LogP contribution < -0.4 is 11.1 Å². The van der Waals surface area contributed by atoms with Gasteiger partial charge in [0.15, 0.2) is 5.16 Å². The standard InChI is InChI=1S/C12H19N5S/c1-18-12-15-10(13)6-11(16-12)14-8-4-5-17(7-8)9-2-3-9/h6,8-9H,2-5,7H2,1H3,(H3,13,14,15,16). The van der Waals surface area contributed by atoms with Gasteiger partial charge in [-0.2, -0.15) is 0 Å². The predicted octanol–water partition coefficient (Wildman–Crippen LogP) is 1.43. The van der Waals surface area contributed by atoms with Crippen molar-refractivity contribution < 1.29 is 0 Å². The van der Waals surface area contributed by atoms with E-state index in [1.807, 2.05) is 12.3 Å². The van der Waals surface area contributed by atoms with E-state index in [-0.39, 0.29) is 0 Å². The molecule has 98 valence electrons. The molecule has 2 fully saturated rings. The summed E-state index contributed by atoms with van der Waals surface area (Å²) < 4.78 is 0. The first-order chi connectivity index (χ1) is 8.74. The van der Waals surface area contributed by atoms with Gasteiger partial charge >= 0.3 is 0 Å². The van der Waals surface area contributed by atoms with E-state index in [9.17, 15) is 0 Å². The van der Waals surface area contributed by atoms with Crippen LogP contribution in [0.15, 0.2) is 11.2 Å². The van der Waals surface area contributed by atoms with Gasteiger partial charge in [-0.15, -0.1) is 0 Å². The summed E-state index contributed by atoms with van der Waals surface area (Å²) in [5.74, 6) is 1.39. The maximum Gasteiger partial charge on any atom is 0.191 e. The Morgan fingerprint density at radius 3 is 2.94 bits per heavy atom. The molecule has 1 aromatic rings. The normalized spacial score (nSPS) is 24.4. The molecule has 3 N–H and O–H groups in total. The first-order valence-electron chi connectivity index (χ1n) is 6.44. The van der Waals surface area contributed by atoms with Crippen LogP contribution in [0.1, 0.15) is 19.3 Å². The molecule has 0 bridgehead atoms. The summed E-state index contributed by atoms with van der Waals surface area (Å²) in [7, 11) is 0. The molecule has 18 heavy (non-hydrogen) atoms. The van der Waals surface area contributed by atoms with Gasteiger partial charge in [-0.1, -0.05) is 11.8 Å². The van der Waals surface area contributed by atoms with E-state index < -0.39 is 0 Å². The number of aromatic nitrogens is 2. The lowest BCUT2D eigenvalue weighted by Crippen LogP contribution is -2.28. The Bertz CT molecular complexity index is 434. The topological polar surface area (TPSA) is 67.1 Å². The van der Waals surface area contributed by atoms with Gasteiger partial charge < -0.3 is 11.1 Å². The lowest BCUT2D eigenvalue weighted by molar-refractivity contribution is 0.326. The van der Waals surface area contributed by atoms with Gasteiger partial charge in [0.1, 0.15) is 11.6 Å². The highest BCUT2D eigenvalue weighted by Crippen LogP contribution is 2.30. The van der Waals surface area contributed by atoms with Gasteiger partial charge in [0.2, 0.25) is 0 Å². The van der Waals surface area contributed by atoms with Gasteiger partial charge in [-0.3, -0.25) is 4.90 Å². The Morgan fingerprint density at radius 2 is 2.22 bits per heavy atom. The Morgan fingerprint density at radius 1 is 1.39 bits per heavy atom. The van der Waals surface area contributed by atoms with Gasteiger partial charge in [0, 0.05) is 31.2 Å². The van der Waals surface area contributed by atoms with Crippen LogP contribution in [0, 0.1) is 0 Å². The summed E-state index contributed by atoms with van der Waals surface area (Å²) >= 11 is 1.52. The maximum absolute atomic E-state index is 5.78. The highest BCUT2D eigenvalue weighted by molar-refractivity contribution is 7.98. The zero-order valence-electron chi connectivity index (χ0n) is 10.6. The van der Waals surface area contributed by atoms with Gasteiger partial charge in [-0.05, 0) is 25.5 Å². The lowest BCUT2D eigenvalue weighted by Gasteiger charge is -2.16. The van der Waals surface area contributed by atoms with E-state index in [1.54, 1.807) is 0 Å². The van der Waals surface area contributed by atoms with E-state index >= 15 is 0 Å². The monoisotopic (exact) mass is 265 g/mol. The number of nitrogens with zero attached hydrogens (tertiary/aromatic N) is 3. The Balaban J connectivity index is 1.63. The van der Waals surface area contributed by atoms with Crippen LogP contribution in [0.2, 0.25) is 0 Å². The largest absolute Gasteiger partial charge is 0.383 e. The summed E-state index contributed by atoms with van der Waals surface area (Å²) in [6, 6.07) is 3.17. The molecule has 6 heteroatoms. The highest BCUT2D eigenvalue weighted by atomic mass is 32.2. The molecular weight excluding hydrogens is 246 g/mol.